The third kappa shape index (κ3) is 1.70. The number of allylic oxidation sites excluding steroid dienone is 2. The van der Waals surface area contributed by atoms with E-state index in [1.807, 2.05) is 18.2 Å². The van der Waals surface area contributed by atoms with Gasteiger partial charge in [0, 0.05) is 0 Å². The number of rotatable bonds is 1. The predicted octanol–water partition coefficient (Wildman–Crippen LogP) is 3.38. The summed E-state index contributed by atoms with van der Waals surface area (Å²) in [6, 6.07) is 10.2. The molecule has 0 aromatic heterocycles. The summed E-state index contributed by atoms with van der Waals surface area (Å²) in [5.74, 6) is 0.552. The summed E-state index contributed by atoms with van der Waals surface area (Å²) < 4.78 is 0. The first-order valence-corrected chi connectivity index (χ1v) is 5.06. The minimum Gasteiger partial charge on any atom is -0.192 e. The van der Waals surface area contributed by atoms with Crippen LogP contribution in [0.3, 0.4) is 0 Å². The van der Waals surface area contributed by atoms with E-state index < -0.39 is 0 Å². The van der Waals surface area contributed by atoms with Crippen LogP contribution in [0.4, 0.5) is 0 Å². The fourth-order valence-electron chi connectivity index (χ4n) is 2.03. The van der Waals surface area contributed by atoms with Crippen LogP contribution in [0.25, 0.3) is 0 Å². The van der Waals surface area contributed by atoms with Gasteiger partial charge in [-0.15, -0.1) is 0 Å². The van der Waals surface area contributed by atoms with Gasteiger partial charge in [0.15, 0.2) is 0 Å². The van der Waals surface area contributed by atoms with Gasteiger partial charge in [-0.2, -0.15) is 5.26 Å². The van der Waals surface area contributed by atoms with E-state index in [4.69, 9.17) is 5.26 Å². The molecule has 1 aromatic rings. The van der Waals surface area contributed by atoms with Gasteiger partial charge in [-0.25, -0.2) is 0 Å². The van der Waals surface area contributed by atoms with Crippen LogP contribution in [0.2, 0.25) is 0 Å². The molecule has 1 aromatic carbocycles. The third-order valence-corrected chi connectivity index (χ3v) is 2.79. The van der Waals surface area contributed by atoms with Gasteiger partial charge in [0.05, 0.1) is 11.6 Å². The number of nitriles is 1. The van der Waals surface area contributed by atoms with Gasteiger partial charge in [-0.3, -0.25) is 0 Å². The van der Waals surface area contributed by atoms with E-state index in [2.05, 4.69) is 24.3 Å². The van der Waals surface area contributed by atoms with Gasteiger partial charge in [0.1, 0.15) is 0 Å². The van der Waals surface area contributed by atoms with E-state index in [1.165, 1.54) is 12.0 Å². The van der Waals surface area contributed by atoms with Crippen molar-refractivity contribution < 1.29 is 0 Å². The summed E-state index contributed by atoms with van der Waals surface area (Å²) in [6.07, 6.45) is 7.85. The SMILES string of the molecule is N#Cc1ccccc1C1CC=CCC1. The first kappa shape index (κ1) is 9.02. The summed E-state index contributed by atoms with van der Waals surface area (Å²) in [7, 11) is 0. The maximum atomic E-state index is 8.98. The van der Waals surface area contributed by atoms with Crippen LogP contribution in [-0.2, 0) is 0 Å². The zero-order valence-electron chi connectivity index (χ0n) is 8.11. The molecule has 14 heavy (non-hydrogen) atoms. The Bertz CT molecular complexity index is 384. The molecule has 0 N–H and O–H groups in total. The fourth-order valence-corrected chi connectivity index (χ4v) is 2.03. The smallest absolute Gasteiger partial charge is 0.0994 e. The molecule has 2 rings (SSSR count). The molecule has 1 atom stereocenters. The Labute approximate surface area is 84.7 Å². The molecule has 0 saturated heterocycles. The largest absolute Gasteiger partial charge is 0.192 e. The standard InChI is InChI=1S/C13H13N/c14-10-12-8-4-5-9-13(12)11-6-2-1-3-7-11/h1-2,4-5,8-9,11H,3,6-7H2. The quantitative estimate of drug-likeness (QED) is 0.612. The van der Waals surface area contributed by atoms with Crippen LogP contribution >= 0.6 is 0 Å². The summed E-state index contributed by atoms with van der Waals surface area (Å²) in [5.41, 5.74) is 2.06. The molecule has 1 aliphatic rings. The summed E-state index contributed by atoms with van der Waals surface area (Å²) in [4.78, 5) is 0. The Morgan fingerprint density at radius 1 is 1.21 bits per heavy atom. The molecule has 1 heteroatoms. The Balaban J connectivity index is 2.31. The van der Waals surface area contributed by atoms with Gasteiger partial charge in [-0.1, -0.05) is 30.4 Å². The molecule has 0 radical (unpaired) electrons. The minimum absolute atomic E-state index is 0.552. The van der Waals surface area contributed by atoms with Crippen LogP contribution in [-0.4, -0.2) is 0 Å². The Kier molecular flexibility index (Phi) is 2.65. The molecule has 1 aliphatic carbocycles. The Hall–Kier alpha value is -1.55. The highest BCUT2D eigenvalue weighted by molar-refractivity contribution is 5.40. The maximum Gasteiger partial charge on any atom is 0.0994 e. The fraction of sp³-hybridized carbons (Fsp3) is 0.308. The predicted molar refractivity (Wildman–Crippen MR) is 56.9 cm³/mol. The van der Waals surface area contributed by atoms with Crippen molar-refractivity contribution >= 4 is 0 Å². The van der Waals surface area contributed by atoms with Crippen molar-refractivity contribution in [2.45, 2.75) is 25.2 Å². The van der Waals surface area contributed by atoms with Crippen molar-refractivity contribution in [3.05, 3.63) is 47.5 Å². The molecular formula is C13H13N. The van der Waals surface area contributed by atoms with Crippen LogP contribution in [0.15, 0.2) is 36.4 Å². The third-order valence-electron chi connectivity index (χ3n) is 2.79. The zero-order chi connectivity index (χ0) is 9.80. The Morgan fingerprint density at radius 2 is 2.07 bits per heavy atom. The molecule has 0 spiro atoms. The summed E-state index contributed by atoms with van der Waals surface area (Å²) >= 11 is 0. The molecule has 0 amide bonds. The van der Waals surface area contributed by atoms with Crippen LogP contribution in [0.1, 0.15) is 36.3 Å². The van der Waals surface area contributed by atoms with Crippen molar-refractivity contribution in [3.8, 4) is 6.07 Å². The number of hydrogen-bond donors (Lipinski definition) is 0. The van der Waals surface area contributed by atoms with Gasteiger partial charge in [0.25, 0.3) is 0 Å². The average molecular weight is 183 g/mol. The molecule has 0 bridgehead atoms. The van der Waals surface area contributed by atoms with Gasteiger partial charge >= 0.3 is 0 Å². The van der Waals surface area contributed by atoms with Gasteiger partial charge in [-0.05, 0) is 36.8 Å². The molecule has 0 fully saturated rings. The Morgan fingerprint density at radius 3 is 2.79 bits per heavy atom. The van der Waals surface area contributed by atoms with Crippen molar-refractivity contribution in [1.82, 2.24) is 0 Å². The minimum atomic E-state index is 0.552. The van der Waals surface area contributed by atoms with E-state index in [9.17, 15) is 0 Å². The number of hydrogen-bond acceptors (Lipinski definition) is 1. The molecule has 70 valence electrons. The van der Waals surface area contributed by atoms with Crippen LogP contribution < -0.4 is 0 Å². The van der Waals surface area contributed by atoms with E-state index in [1.54, 1.807) is 0 Å². The van der Waals surface area contributed by atoms with Gasteiger partial charge in [0.2, 0.25) is 0 Å². The molecule has 0 aliphatic heterocycles. The zero-order valence-corrected chi connectivity index (χ0v) is 8.11. The highest BCUT2D eigenvalue weighted by Gasteiger charge is 2.14. The van der Waals surface area contributed by atoms with Crippen LogP contribution in [0.5, 0.6) is 0 Å². The molecule has 0 saturated carbocycles. The summed E-state index contributed by atoms with van der Waals surface area (Å²) in [6.45, 7) is 0. The van der Waals surface area contributed by atoms with Crippen molar-refractivity contribution in [2.75, 3.05) is 0 Å². The lowest BCUT2D eigenvalue weighted by molar-refractivity contribution is 0.616. The first-order chi connectivity index (χ1) is 6.92. The second kappa shape index (κ2) is 4.11. The highest BCUT2D eigenvalue weighted by atomic mass is 14.3. The molecule has 1 nitrogen and oxygen atoms in total. The lowest BCUT2D eigenvalue weighted by atomic mass is 9.85. The monoisotopic (exact) mass is 183 g/mol. The first-order valence-electron chi connectivity index (χ1n) is 5.06. The lowest BCUT2D eigenvalue weighted by Gasteiger charge is -2.18. The molecule has 1 unspecified atom stereocenters. The number of nitrogens with zero attached hydrogens (tertiary/aromatic N) is 1. The summed E-state index contributed by atoms with van der Waals surface area (Å²) in [5, 5.41) is 8.98. The normalized spacial score (nSPS) is 20.4. The second-order valence-corrected chi connectivity index (χ2v) is 3.68. The lowest BCUT2D eigenvalue weighted by Crippen LogP contribution is -2.02. The highest BCUT2D eigenvalue weighted by Crippen LogP contribution is 2.30. The van der Waals surface area contributed by atoms with Gasteiger partial charge < -0.3 is 0 Å². The maximum absolute atomic E-state index is 8.98. The average Bonchev–Trinajstić information content (AvgIpc) is 2.30. The van der Waals surface area contributed by atoms with E-state index in [-0.39, 0.29) is 0 Å². The topological polar surface area (TPSA) is 23.8 Å². The number of benzene rings is 1. The van der Waals surface area contributed by atoms with Crippen molar-refractivity contribution in [3.63, 3.8) is 0 Å². The second-order valence-electron chi connectivity index (χ2n) is 3.68. The molecule has 0 heterocycles. The van der Waals surface area contributed by atoms with Crippen LogP contribution in [0, 0.1) is 11.3 Å². The van der Waals surface area contributed by atoms with E-state index in [0.717, 1.165) is 18.4 Å². The van der Waals surface area contributed by atoms with E-state index >= 15 is 0 Å². The van der Waals surface area contributed by atoms with Crippen molar-refractivity contribution in [2.24, 2.45) is 0 Å². The van der Waals surface area contributed by atoms with Crippen molar-refractivity contribution in [1.29, 1.82) is 5.26 Å². The van der Waals surface area contributed by atoms with E-state index in [0.29, 0.717) is 5.92 Å². The molecular weight excluding hydrogens is 170 g/mol.